The molecular formula is C18H24ClN3O2S. The molecule has 0 radical (unpaired) electrons. The average molecular weight is 382 g/mol. The molecule has 7 heteroatoms. The molecule has 0 spiro atoms. The van der Waals surface area contributed by atoms with Crippen molar-refractivity contribution < 1.29 is 9.53 Å². The zero-order valence-corrected chi connectivity index (χ0v) is 16.2. The molecule has 1 aliphatic rings. The zero-order chi connectivity index (χ0) is 16.9. The van der Waals surface area contributed by atoms with Crippen molar-refractivity contribution in [3.8, 4) is 5.75 Å². The number of benzene rings is 1. The fourth-order valence-electron chi connectivity index (χ4n) is 2.99. The first-order valence-corrected chi connectivity index (χ1v) is 9.08. The second-order valence-corrected chi connectivity index (χ2v) is 7.08. The van der Waals surface area contributed by atoms with Gasteiger partial charge in [-0.3, -0.25) is 4.79 Å². The number of rotatable bonds is 6. The Bertz CT molecular complexity index is 701. The first-order valence-electron chi connectivity index (χ1n) is 8.20. The number of carbonyl (C=O) groups is 1. The summed E-state index contributed by atoms with van der Waals surface area (Å²) in [5.41, 5.74) is 3.52. The van der Waals surface area contributed by atoms with Gasteiger partial charge in [0.2, 0.25) is 0 Å². The van der Waals surface area contributed by atoms with E-state index in [2.05, 4.69) is 10.3 Å². The molecule has 2 aromatic rings. The van der Waals surface area contributed by atoms with E-state index >= 15 is 0 Å². The van der Waals surface area contributed by atoms with E-state index in [-0.39, 0.29) is 18.3 Å². The molecule has 1 aliphatic heterocycles. The summed E-state index contributed by atoms with van der Waals surface area (Å²) in [5, 5.41) is 3.38. The predicted octanol–water partition coefficient (Wildman–Crippen LogP) is 3.13. The van der Waals surface area contributed by atoms with Gasteiger partial charge in [0.1, 0.15) is 5.75 Å². The van der Waals surface area contributed by atoms with Gasteiger partial charge in [-0.25, -0.2) is 4.98 Å². The highest BCUT2D eigenvalue weighted by Crippen LogP contribution is 2.21. The Morgan fingerprint density at radius 1 is 1.48 bits per heavy atom. The van der Waals surface area contributed by atoms with E-state index in [4.69, 9.17) is 4.74 Å². The minimum Gasteiger partial charge on any atom is -0.497 e. The molecule has 136 valence electrons. The number of aryl methyl sites for hydroxylation is 1. The standard InChI is InChI=1S/C18H23N3O2S.ClH/c1-13-17(24-12-20-13)11-21(10-14-6-7-19-9-14)18(22)15-4-3-5-16(8-15)23-2;/h3-5,8,12,14,19H,6-7,9-11H2,1-2H3;1H. The minimum absolute atomic E-state index is 0. The first-order chi connectivity index (χ1) is 11.7. The van der Waals surface area contributed by atoms with Crippen LogP contribution in [0.1, 0.15) is 27.3 Å². The molecule has 3 rings (SSSR count). The number of halogens is 1. The Kier molecular flexibility index (Phi) is 7.23. The van der Waals surface area contributed by atoms with Gasteiger partial charge in [-0.2, -0.15) is 0 Å². The molecule has 0 bridgehead atoms. The van der Waals surface area contributed by atoms with Crippen molar-refractivity contribution in [1.82, 2.24) is 15.2 Å². The summed E-state index contributed by atoms with van der Waals surface area (Å²) >= 11 is 1.61. The van der Waals surface area contributed by atoms with Gasteiger partial charge in [-0.1, -0.05) is 6.07 Å². The van der Waals surface area contributed by atoms with Crippen LogP contribution in [0.25, 0.3) is 0 Å². The number of nitrogens with one attached hydrogen (secondary N) is 1. The molecule has 0 aliphatic carbocycles. The molecule has 1 N–H and O–H groups in total. The van der Waals surface area contributed by atoms with Crippen molar-refractivity contribution >= 4 is 29.7 Å². The molecule has 5 nitrogen and oxygen atoms in total. The Labute approximate surface area is 158 Å². The van der Waals surface area contributed by atoms with Crippen molar-refractivity contribution in [2.24, 2.45) is 5.92 Å². The Morgan fingerprint density at radius 3 is 2.96 bits per heavy atom. The van der Waals surface area contributed by atoms with Crippen molar-refractivity contribution in [3.63, 3.8) is 0 Å². The number of carbonyl (C=O) groups excluding carboxylic acids is 1. The largest absolute Gasteiger partial charge is 0.497 e. The van der Waals surface area contributed by atoms with E-state index in [9.17, 15) is 4.79 Å². The third-order valence-electron chi connectivity index (χ3n) is 4.42. The highest BCUT2D eigenvalue weighted by Gasteiger charge is 2.24. The highest BCUT2D eigenvalue weighted by atomic mass is 35.5. The second kappa shape index (κ2) is 9.17. The molecule has 1 aromatic carbocycles. The molecule has 1 aromatic heterocycles. The van der Waals surface area contributed by atoms with Crippen LogP contribution in [0.4, 0.5) is 0 Å². The van der Waals surface area contributed by atoms with E-state index in [1.165, 1.54) is 0 Å². The average Bonchev–Trinajstić information content (AvgIpc) is 3.26. The van der Waals surface area contributed by atoms with E-state index in [1.807, 2.05) is 41.6 Å². The maximum Gasteiger partial charge on any atom is 0.254 e. The number of thiazole rings is 1. The van der Waals surface area contributed by atoms with E-state index in [1.54, 1.807) is 18.4 Å². The fraction of sp³-hybridized carbons (Fsp3) is 0.444. The van der Waals surface area contributed by atoms with Gasteiger partial charge in [0.15, 0.2) is 0 Å². The topological polar surface area (TPSA) is 54.5 Å². The van der Waals surface area contributed by atoms with Crippen molar-refractivity contribution in [2.75, 3.05) is 26.7 Å². The van der Waals surface area contributed by atoms with Gasteiger partial charge in [-0.05, 0) is 50.6 Å². The monoisotopic (exact) mass is 381 g/mol. The Hall–Kier alpha value is -1.63. The summed E-state index contributed by atoms with van der Waals surface area (Å²) in [4.78, 5) is 20.5. The summed E-state index contributed by atoms with van der Waals surface area (Å²) in [7, 11) is 1.62. The maximum absolute atomic E-state index is 13.1. The van der Waals surface area contributed by atoms with Gasteiger partial charge in [-0.15, -0.1) is 23.7 Å². The van der Waals surface area contributed by atoms with Gasteiger partial charge in [0, 0.05) is 17.0 Å². The summed E-state index contributed by atoms with van der Waals surface area (Å²) in [6, 6.07) is 7.38. The number of hydrogen-bond donors (Lipinski definition) is 1. The molecule has 1 fully saturated rings. The molecule has 1 amide bonds. The smallest absolute Gasteiger partial charge is 0.254 e. The molecule has 1 atom stereocenters. The summed E-state index contributed by atoms with van der Waals surface area (Å²) < 4.78 is 5.25. The number of hydrogen-bond acceptors (Lipinski definition) is 5. The Balaban J connectivity index is 0.00000225. The summed E-state index contributed by atoms with van der Waals surface area (Å²) in [6.45, 7) is 5.38. The number of amides is 1. The van der Waals surface area contributed by atoms with Crippen LogP contribution in [0.5, 0.6) is 5.75 Å². The van der Waals surface area contributed by atoms with Crippen molar-refractivity contribution in [2.45, 2.75) is 19.9 Å². The van der Waals surface area contributed by atoms with Gasteiger partial charge >= 0.3 is 0 Å². The molecule has 2 heterocycles. The number of ether oxygens (including phenoxy) is 1. The van der Waals surface area contributed by atoms with Crippen LogP contribution in [0, 0.1) is 12.8 Å². The van der Waals surface area contributed by atoms with E-state index < -0.39 is 0 Å². The quantitative estimate of drug-likeness (QED) is 0.835. The predicted molar refractivity (Wildman–Crippen MR) is 103 cm³/mol. The third kappa shape index (κ3) is 4.93. The lowest BCUT2D eigenvalue weighted by Crippen LogP contribution is -2.35. The lowest BCUT2D eigenvalue weighted by Gasteiger charge is -2.25. The van der Waals surface area contributed by atoms with E-state index in [0.29, 0.717) is 23.8 Å². The van der Waals surface area contributed by atoms with Gasteiger partial charge in [0.25, 0.3) is 5.91 Å². The summed E-state index contributed by atoms with van der Waals surface area (Å²) in [6.07, 6.45) is 1.11. The molecule has 1 unspecified atom stereocenters. The maximum atomic E-state index is 13.1. The van der Waals surface area contributed by atoms with Crippen LogP contribution in [0.3, 0.4) is 0 Å². The van der Waals surface area contributed by atoms with Gasteiger partial charge < -0.3 is 15.0 Å². The van der Waals surface area contributed by atoms with Crippen LogP contribution < -0.4 is 10.1 Å². The number of methoxy groups -OCH3 is 1. The number of nitrogens with zero attached hydrogens (tertiary/aromatic N) is 2. The molecule has 25 heavy (non-hydrogen) atoms. The van der Waals surface area contributed by atoms with Crippen molar-refractivity contribution in [3.05, 3.63) is 45.9 Å². The van der Waals surface area contributed by atoms with Crippen molar-refractivity contribution in [1.29, 1.82) is 0 Å². The van der Waals surface area contributed by atoms with Gasteiger partial charge in [0.05, 0.1) is 24.9 Å². The highest BCUT2D eigenvalue weighted by molar-refractivity contribution is 7.09. The zero-order valence-electron chi connectivity index (χ0n) is 14.5. The molecule has 0 saturated carbocycles. The SMILES string of the molecule is COc1cccc(C(=O)N(Cc2scnc2C)CC2CCNC2)c1.Cl. The number of aromatic nitrogens is 1. The van der Waals surface area contributed by atoms with Crippen LogP contribution in [0.15, 0.2) is 29.8 Å². The molecule has 1 saturated heterocycles. The summed E-state index contributed by atoms with van der Waals surface area (Å²) in [5.74, 6) is 1.26. The Morgan fingerprint density at radius 2 is 2.32 bits per heavy atom. The second-order valence-electron chi connectivity index (χ2n) is 6.14. The normalized spacial score (nSPS) is 16.3. The lowest BCUT2D eigenvalue weighted by molar-refractivity contribution is 0.0720. The van der Waals surface area contributed by atoms with Crippen LogP contribution >= 0.6 is 23.7 Å². The van der Waals surface area contributed by atoms with Crippen LogP contribution in [-0.2, 0) is 6.54 Å². The fourth-order valence-corrected chi connectivity index (χ4v) is 3.78. The third-order valence-corrected chi connectivity index (χ3v) is 5.34. The lowest BCUT2D eigenvalue weighted by atomic mass is 10.1. The minimum atomic E-state index is 0. The first kappa shape index (κ1) is 19.7. The van der Waals surface area contributed by atoms with Crippen LogP contribution in [0.2, 0.25) is 0 Å². The molecular weight excluding hydrogens is 358 g/mol. The van der Waals surface area contributed by atoms with E-state index in [0.717, 1.165) is 36.6 Å². The van der Waals surface area contributed by atoms with Crippen LogP contribution in [-0.4, -0.2) is 42.5 Å².